The topological polar surface area (TPSA) is 41.1 Å². The van der Waals surface area contributed by atoms with Crippen molar-refractivity contribution in [1.82, 2.24) is 10.6 Å². The van der Waals surface area contributed by atoms with E-state index in [0.29, 0.717) is 17.9 Å². The van der Waals surface area contributed by atoms with E-state index in [-0.39, 0.29) is 18.3 Å². The molecule has 1 aliphatic carbocycles. The Kier molecular flexibility index (Phi) is 6.28. The van der Waals surface area contributed by atoms with Gasteiger partial charge >= 0.3 is 0 Å². The van der Waals surface area contributed by atoms with Crippen LogP contribution >= 0.6 is 12.4 Å². The second kappa shape index (κ2) is 7.22. The average molecular weight is 261 g/mol. The minimum Gasteiger partial charge on any atom is -0.352 e. The van der Waals surface area contributed by atoms with Crippen molar-refractivity contribution in [2.75, 3.05) is 13.1 Å². The first-order valence-electron chi connectivity index (χ1n) is 6.76. The van der Waals surface area contributed by atoms with Crippen molar-refractivity contribution >= 4 is 18.3 Å². The molecule has 0 bridgehead atoms. The maximum absolute atomic E-state index is 11.9. The smallest absolute Gasteiger partial charge is 0.220 e. The van der Waals surface area contributed by atoms with Crippen molar-refractivity contribution in [3.63, 3.8) is 0 Å². The monoisotopic (exact) mass is 260 g/mol. The maximum Gasteiger partial charge on any atom is 0.220 e. The van der Waals surface area contributed by atoms with Gasteiger partial charge < -0.3 is 10.6 Å². The predicted molar refractivity (Wildman–Crippen MR) is 72.4 cm³/mol. The minimum atomic E-state index is 0. The molecule has 100 valence electrons. The van der Waals surface area contributed by atoms with Gasteiger partial charge in [-0.05, 0) is 37.6 Å². The van der Waals surface area contributed by atoms with E-state index in [1.54, 1.807) is 0 Å². The summed E-state index contributed by atoms with van der Waals surface area (Å²) >= 11 is 0. The Balaban J connectivity index is 0.00000144. The standard InChI is InChI=1S/C13H24N2O.ClH/c1-10-6-7-14-9-12(10)15-13(16)8-11-4-2-3-5-11;/h10-12,14H,2-9H2,1H3,(H,15,16);1H. The molecule has 17 heavy (non-hydrogen) atoms. The van der Waals surface area contributed by atoms with Gasteiger partial charge in [-0.2, -0.15) is 0 Å². The Morgan fingerprint density at radius 1 is 1.29 bits per heavy atom. The van der Waals surface area contributed by atoms with Gasteiger partial charge in [-0.1, -0.05) is 19.8 Å². The van der Waals surface area contributed by atoms with Crippen molar-refractivity contribution in [3.8, 4) is 0 Å². The number of nitrogens with one attached hydrogen (secondary N) is 2. The number of hydrogen-bond acceptors (Lipinski definition) is 2. The van der Waals surface area contributed by atoms with Gasteiger partial charge in [0.2, 0.25) is 5.91 Å². The lowest BCUT2D eigenvalue weighted by Crippen LogP contribution is -2.50. The number of rotatable bonds is 3. The molecule has 1 heterocycles. The summed E-state index contributed by atoms with van der Waals surface area (Å²) in [6, 6.07) is 0.350. The molecule has 0 aromatic carbocycles. The molecule has 1 saturated carbocycles. The highest BCUT2D eigenvalue weighted by molar-refractivity contribution is 5.85. The van der Waals surface area contributed by atoms with Crippen LogP contribution in [0, 0.1) is 11.8 Å². The summed E-state index contributed by atoms with van der Waals surface area (Å²) in [5.74, 6) is 1.55. The normalized spacial score (nSPS) is 29.7. The van der Waals surface area contributed by atoms with Crippen LogP contribution < -0.4 is 10.6 Å². The Bertz CT molecular complexity index is 242. The largest absolute Gasteiger partial charge is 0.352 e. The first kappa shape index (κ1) is 14.8. The van der Waals surface area contributed by atoms with Crippen molar-refractivity contribution in [3.05, 3.63) is 0 Å². The fourth-order valence-corrected chi connectivity index (χ4v) is 2.93. The van der Waals surface area contributed by atoms with Crippen molar-refractivity contribution in [2.45, 2.75) is 51.5 Å². The van der Waals surface area contributed by atoms with Gasteiger partial charge in [-0.3, -0.25) is 4.79 Å². The van der Waals surface area contributed by atoms with Crippen LogP contribution in [0.25, 0.3) is 0 Å². The second-order valence-corrected chi connectivity index (χ2v) is 5.50. The molecule has 0 aromatic heterocycles. The summed E-state index contributed by atoms with van der Waals surface area (Å²) in [4.78, 5) is 11.9. The molecule has 2 N–H and O–H groups in total. The molecule has 0 aromatic rings. The van der Waals surface area contributed by atoms with E-state index in [1.165, 1.54) is 32.1 Å². The fourth-order valence-electron chi connectivity index (χ4n) is 2.93. The van der Waals surface area contributed by atoms with Gasteiger partial charge in [-0.15, -0.1) is 12.4 Å². The highest BCUT2D eigenvalue weighted by atomic mass is 35.5. The lowest BCUT2D eigenvalue weighted by Gasteiger charge is -2.30. The maximum atomic E-state index is 11.9. The van der Waals surface area contributed by atoms with Crippen molar-refractivity contribution < 1.29 is 4.79 Å². The Morgan fingerprint density at radius 2 is 2.00 bits per heavy atom. The lowest BCUT2D eigenvalue weighted by molar-refractivity contribution is -0.123. The quantitative estimate of drug-likeness (QED) is 0.816. The second-order valence-electron chi connectivity index (χ2n) is 5.50. The van der Waals surface area contributed by atoms with Crippen LogP contribution in [0.2, 0.25) is 0 Å². The van der Waals surface area contributed by atoms with Crippen LogP contribution in [0.15, 0.2) is 0 Å². The number of carbonyl (C=O) groups excluding carboxylic acids is 1. The molecular weight excluding hydrogens is 236 g/mol. The molecule has 2 rings (SSSR count). The number of amides is 1. The molecule has 2 unspecified atom stereocenters. The zero-order valence-corrected chi connectivity index (χ0v) is 11.5. The molecule has 2 fully saturated rings. The molecule has 0 spiro atoms. The van der Waals surface area contributed by atoms with Crippen LogP contribution in [0.4, 0.5) is 0 Å². The first-order valence-corrected chi connectivity index (χ1v) is 6.76. The van der Waals surface area contributed by atoms with E-state index < -0.39 is 0 Å². The van der Waals surface area contributed by atoms with E-state index in [9.17, 15) is 4.79 Å². The molecule has 2 atom stereocenters. The van der Waals surface area contributed by atoms with Gasteiger partial charge in [0.05, 0.1) is 0 Å². The third kappa shape index (κ3) is 4.47. The third-order valence-corrected chi connectivity index (χ3v) is 4.12. The summed E-state index contributed by atoms with van der Waals surface area (Å²) in [7, 11) is 0. The summed E-state index contributed by atoms with van der Waals surface area (Å²) in [6.45, 7) is 4.27. The van der Waals surface area contributed by atoms with Crippen LogP contribution in [-0.4, -0.2) is 25.0 Å². The molecule has 0 radical (unpaired) electrons. The molecule has 3 nitrogen and oxygen atoms in total. The van der Waals surface area contributed by atoms with E-state index in [0.717, 1.165) is 19.5 Å². The summed E-state index contributed by atoms with van der Waals surface area (Å²) in [6.07, 6.45) is 7.08. The highest BCUT2D eigenvalue weighted by Gasteiger charge is 2.24. The predicted octanol–water partition coefficient (Wildman–Crippen LogP) is 2.10. The van der Waals surface area contributed by atoms with Gasteiger partial charge in [0.25, 0.3) is 0 Å². The average Bonchev–Trinajstić information content (AvgIpc) is 2.74. The Labute approximate surface area is 111 Å². The molecule has 1 saturated heterocycles. The van der Waals surface area contributed by atoms with Crippen LogP contribution in [0.1, 0.15) is 45.4 Å². The Morgan fingerprint density at radius 3 is 2.65 bits per heavy atom. The highest BCUT2D eigenvalue weighted by Crippen LogP contribution is 2.27. The fraction of sp³-hybridized carbons (Fsp3) is 0.923. The third-order valence-electron chi connectivity index (χ3n) is 4.12. The SMILES string of the molecule is CC1CCNCC1NC(=O)CC1CCCC1.Cl. The molecule has 1 aliphatic heterocycles. The number of hydrogen-bond donors (Lipinski definition) is 2. The first-order chi connectivity index (χ1) is 7.75. The molecule has 1 amide bonds. The molecule has 4 heteroatoms. The zero-order valence-electron chi connectivity index (χ0n) is 10.7. The lowest BCUT2D eigenvalue weighted by atomic mass is 9.94. The van der Waals surface area contributed by atoms with Crippen molar-refractivity contribution in [1.29, 1.82) is 0 Å². The Hall–Kier alpha value is -0.280. The number of piperidine rings is 1. The van der Waals surface area contributed by atoms with E-state index in [1.807, 2.05) is 0 Å². The van der Waals surface area contributed by atoms with E-state index in [4.69, 9.17) is 0 Å². The minimum absolute atomic E-state index is 0. The van der Waals surface area contributed by atoms with Crippen molar-refractivity contribution in [2.24, 2.45) is 11.8 Å². The van der Waals surface area contributed by atoms with Gasteiger partial charge in [0.15, 0.2) is 0 Å². The van der Waals surface area contributed by atoms with E-state index >= 15 is 0 Å². The molecule has 2 aliphatic rings. The van der Waals surface area contributed by atoms with Gasteiger partial charge in [0.1, 0.15) is 0 Å². The summed E-state index contributed by atoms with van der Waals surface area (Å²) in [5.41, 5.74) is 0. The number of carbonyl (C=O) groups is 1. The van der Waals surface area contributed by atoms with Crippen LogP contribution in [0.5, 0.6) is 0 Å². The van der Waals surface area contributed by atoms with Crippen LogP contribution in [-0.2, 0) is 4.79 Å². The van der Waals surface area contributed by atoms with Gasteiger partial charge in [0, 0.05) is 19.0 Å². The number of halogens is 1. The molecular formula is C13H25ClN2O. The van der Waals surface area contributed by atoms with Gasteiger partial charge in [-0.25, -0.2) is 0 Å². The summed E-state index contributed by atoms with van der Waals surface area (Å²) in [5, 5.41) is 6.54. The van der Waals surface area contributed by atoms with Crippen LogP contribution in [0.3, 0.4) is 0 Å². The summed E-state index contributed by atoms with van der Waals surface area (Å²) < 4.78 is 0. The zero-order chi connectivity index (χ0) is 11.4. The van der Waals surface area contributed by atoms with E-state index in [2.05, 4.69) is 17.6 Å².